The molecule has 2 unspecified atom stereocenters. The maximum atomic E-state index is 13.8. The molecular formula is C29H30BrN3O3. The van der Waals surface area contributed by atoms with Gasteiger partial charge >= 0.3 is 0 Å². The Kier molecular flexibility index (Phi) is 6.67. The fraction of sp³-hybridized carbons (Fsp3) is 0.276. The summed E-state index contributed by atoms with van der Waals surface area (Å²) in [5.74, 6) is 0.644. The fourth-order valence-corrected chi connectivity index (χ4v) is 5.51. The van der Waals surface area contributed by atoms with Gasteiger partial charge in [0.1, 0.15) is 0 Å². The third kappa shape index (κ3) is 4.55. The molecule has 1 aliphatic carbocycles. The average Bonchev–Trinajstić information content (AvgIpc) is 3.04. The van der Waals surface area contributed by atoms with Crippen LogP contribution in [0.5, 0.6) is 11.5 Å². The number of hydrogen-bond acceptors (Lipinski definition) is 6. The number of ketones is 1. The van der Waals surface area contributed by atoms with E-state index >= 15 is 0 Å². The molecule has 0 radical (unpaired) electrons. The predicted octanol–water partition coefficient (Wildman–Crippen LogP) is 6.60. The minimum atomic E-state index is -0.392. The van der Waals surface area contributed by atoms with E-state index in [0.717, 1.165) is 45.9 Å². The maximum absolute atomic E-state index is 13.8. The van der Waals surface area contributed by atoms with E-state index in [1.807, 2.05) is 57.4 Å². The Bertz CT molecular complexity index is 1330. The summed E-state index contributed by atoms with van der Waals surface area (Å²) in [7, 11) is 4.05. The number of nitrogens with zero attached hydrogens (tertiary/aromatic N) is 1. The Hall–Kier alpha value is -3.45. The normalized spacial score (nSPS) is 18.9. The number of benzene rings is 3. The van der Waals surface area contributed by atoms with Gasteiger partial charge < -0.3 is 25.4 Å². The van der Waals surface area contributed by atoms with E-state index in [0.29, 0.717) is 23.2 Å². The molecule has 1 aliphatic heterocycles. The first-order valence-corrected chi connectivity index (χ1v) is 13.0. The third-order valence-corrected chi connectivity index (χ3v) is 7.48. The summed E-state index contributed by atoms with van der Waals surface area (Å²) in [4.78, 5) is 15.9. The molecule has 186 valence electrons. The Labute approximate surface area is 220 Å². The smallest absolute Gasteiger partial charge is 0.172 e. The highest BCUT2D eigenvalue weighted by Gasteiger charge is 2.36. The van der Waals surface area contributed by atoms with Crippen molar-refractivity contribution in [3.05, 3.63) is 87.5 Å². The van der Waals surface area contributed by atoms with Crippen molar-refractivity contribution in [1.29, 1.82) is 0 Å². The Morgan fingerprint density at radius 1 is 1.03 bits per heavy atom. The van der Waals surface area contributed by atoms with Gasteiger partial charge in [0.05, 0.1) is 28.5 Å². The SMILES string of the molecule is CCOc1cc(C2Nc3ccccc3NC3=C2C(=O)CC(c2ccc(N(C)C)cc2)C3)cc(Br)c1O. The molecule has 0 saturated carbocycles. The average molecular weight is 548 g/mol. The van der Waals surface area contributed by atoms with E-state index in [4.69, 9.17) is 4.74 Å². The Morgan fingerprint density at radius 2 is 1.75 bits per heavy atom. The highest BCUT2D eigenvalue weighted by molar-refractivity contribution is 9.10. The van der Waals surface area contributed by atoms with Gasteiger partial charge in [0.15, 0.2) is 17.3 Å². The van der Waals surface area contributed by atoms with Crippen molar-refractivity contribution >= 4 is 38.8 Å². The van der Waals surface area contributed by atoms with E-state index in [1.54, 1.807) is 0 Å². The lowest BCUT2D eigenvalue weighted by Gasteiger charge is -2.30. The van der Waals surface area contributed by atoms with Crippen LogP contribution in [0.3, 0.4) is 0 Å². The van der Waals surface area contributed by atoms with Crippen LogP contribution in [0.2, 0.25) is 0 Å². The lowest BCUT2D eigenvalue weighted by molar-refractivity contribution is -0.116. The summed E-state index contributed by atoms with van der Waals surface area (Å²) in [6.07, 6.45) is 1.17. The molecule has 36 heavy (non-hydrogen) atoms. The zero-order valence-corrected chi connectivity index (χ0v) is 22.2. The molecule has 0 spiro atoms. The lowest BCUT2D eigenvalue weighted by atomic mass is 9.78. The molecule has 3 aromatic rings. The topological polar surface area (TPSA) is 73.8 Å². The van der Waals surface area contributed by atoms with Crippen LogP contribution in [0.1, 0.15) is 42.9 Å². The highest BCUT2D eigenvalue weighted by atomic mass is 79.9. The number of halogens is 1. The van der Waals surface area contributed by atoms with Crippen molar-refractivity contribution in [3.8, 4) is 11.5 Å². The number of anilines is 3. The molecule has 5 rings (SSSR count). The molecule has 7 heteroatoms. The van der Waals surface area contributed by atoms with Gasteiger partial charge in [-0.05, 0) is 82.7 Å². The number of phenols is 1. The van der Waals surface area contributed by atoms with E-state index < -0.39 is 6.04 Å². The second kappa shape index (κ2) is 9.90. The summed E-state index contributed by atoms with van der Waals surface area (Å²) in [6.45, 7) is 2.30. The van der Waals surface area contributed by atoms with Gasteiger partial charge in [-0.15, -0.1) is 0 Å². The van der Waals surface area contributed by atoms with E-state index in [9.17, 15) is 9.90 Å². The van der Waals surface area contributed by atoms with Crippen molar-refractivity contribution in [2.75, 3.05) is 36.2 Å². The number of rotatable bonds is 5. The van der Waals surface area contributed by atoms with E-state index in [2.05, 4.69) is 55.7 Å². The minimum absolute atomic E-state index is 0.0538. The number of phenolic OH excluding ortho intramolecular Hbond substituents is 1. The van der Waals surface area contributed by atoms with Crippen LogP contribution in [-0.2, 0) is 4.79 Å². The number of fused-ring (bicyclic) bond motifs is 1. The lowest BCUT2D eigenvalue weighted by Crippen LogP contribution is -2.27. The number of Topliss-reactive ketones (excluding diaryl/α,β-unsaturated/α-hetero) is 1. The summed E-state index contributed by atoms with van der Waals surface area (Å²) < 4.78 is 6.21. The first-order chi connectivity index (χ1) is 17.4. The molecule has 0 saturated heterocycles. The van der Waals surface area contributed by atoms with Gasteiger partial charge in [-0.25, -0.2) is 0 Å². The molecule has 0 amide bonds. The molecule has 0 fully saturated rings. The second-order valence-electron chi connectivity index (χ2n) is 9.44. The molecule has 0 aromatic heterocycles. The number of carbonyl (C=O) groups is 1. The first kappa shape index (κ1) is 24.3. The van der Waals surface area contributed by atoms with Crippen LogP contribution in [0.15, 0.2) is 76.4 Å². The summed E-state index contributed by atoms with van der Waals surface area (Å²) in [5.41, 5.74) is 6.65. The van der Waals surface area contributed by atoms with Crippen molar-refractivity contribution in [3.63, 3.8) is 0 Å². The van der Waals surface area contributed by atoms with Crippen molar-refractivity contribution in [2.45, 2.75) is 31.7 Å². The largest absolute Gasteiger partial charge is 0.503 e. The van der Waals surface area contributed by atoms with Gasteiger partial charge in [-0.2, -0.15) is 0 Å². The van der Waals surface area contributed by atoms with E-state index in [-0.39, 0.29) is 17.5 Å². The second-order valence-corrected chi connectivity index (χ2v) is 10.3. The zero-order chi connectivity index (χ0) is 25.4. The molecule has 2 atom stereocenters. The minimum Gasteiger partial charge on any atom is -0.503 e. The summed E-state index contributed by atoms with van der Waals surface area (Å²) in [6, 6.07) is 19.7. The van der Waals surface area contributed by atoms with Crippen molar-refractivity contribution < 1.29 is 14.6 Å². The molecule has 0 bridgehead atoms. The number of ether oxygens (including phenoxy) is 1. The standard InChI is InChI=1S/C29H30BrN3O3/c1-4-36-26-16-19(13-21(30)29(26)35)28-27-24(31-22-7-5-6-8-23(22)32-28)14-18(15-25(27)34)17-9-11-20(12-10-17)33(2)3/h5-13,16,18,28,31-32,35H,4,14-15H2,1-3H3. The fourth-order valence-electron chi connectivity index (χ4n) is 5.05. The van der Waals surface area contributed by atoms with Crippen LogP contribution >= 0.6 is 15.9 Å². The van der Waals surface area contributed by atoms with Crippen molar-refractivity contribution in [1.82, 2.24) is 0 Å². The van der Waals surface area contributed by atoms with Crippen molar-refractivity contribution in [2.24, 2.45) is 0 Å². The number of carbonyl (C=O) groups excluding carboxylic acids is 1. The molecule has 1 heterocycles. The number of allylic oxidation sites excluding steroid dienone is 1. The maximum Gasteiger partial charge on any atom is 0.172 e. The van der Waals surface area contributed by atoms with Gasteiger partial charge in [0, 0.05) is 37.5 Å². The van der Waals surface area contributed by atoms with E-state index in [1.165, 1.54) is 0 Å². The molecule has 2 aliphatic rings. The first-order valence-electron chi connectivity index (χ1n) is 12.2. The monoisotopic (exact) mass is 547 g/mol. The number of para-hydroxylation sites is 2. The number of nitrogens with one attached hydrogen (secondary N) is 2. The number of hydrogen-bond donors (Lipinski definition) is 3. The van der Waals surface area contributed by atoms with Gasteiger partial charge in [0.2, 0.25) is 0 Å². The molecule has 3 aromatic carbocycles. The summed E-state index contributed by atoms with van der Waals surface area (Å²) in [5, 5.41) is 17.7. The summed E-state index contributed by atoms with van der Waals surface area (Å²) >= 11 is 3.47. The van der Waals surface area contributed by atoms with Gasteiger partial charge in [-0.3, -0.25) is 4.79 Å². The van der Waals surface area contributed by atoms with Crippen LogP contribution in [-0.4, -0.2) is 31.6 Å². The Balaban J connectivity index is 1.59. The zero-order valence-electron chi connectivity index (χ0n) is 20.6. The van der Waals surface area contributed by atoms with Gasteiger partial charge in [0.25, 0.3) is 0 Å². The quantitative estimate of drug-likeness (QED) is 0.334. The molecular weight excluding hydrogens is 518 g/mol. The van der Waals surface area contributed by atoms with Crippen LogP contribution in [0.4, 0.5) is 17.1 Å². The Morgan fingerprint density at radius 3 is 2.44 bits per heavy atom. The number of aromatic hydroxyl groups is 1. The molecule has 6 nitrogen and oxygen atoms in total. The third-order valence-electron chi connectivity index (χ3n) is 6.87. The van der Waals surface area contributed by atoms with Crippen LogP contribution in [0, 0.1) is 0 Å². The highest BCUT2D eigenvalue weighted by Crippen LogP contribution is 2.46. The molecule has 3 N–H and O–H groups in total. The van der Waals surface area contributed by atoms with Gasteiger partial charge in [-0.1, -0.05) is 24.3 Å². The predicted molar refractivity (Wildman–Crippen MR) is 148 cm³/mol. The van der Waals surface area contributed by atoms with Crippen LogP contribution in [0.25, 0.3) is 0 Å². The van der Waals surface area contributed by atoms with Crippen LogP contribution < -0.4 is 20.3 Å².